The summed E-state index contributed by atoms with van der Waals surface area (Å²) in [7, 11) is 0. The second kappa shape index (κ2) is 8.13. The Kier molecular flexibility index (Phi) is 5.67. The molecule has 1 amide bonds. The number of rotatable bonds is 7. The predicted molar refractivity (Wildman–Crippen MR) is 95.6 cm³/mol. The molecule has 0 aliphatic carbocycles. The third kappa shape index (κ3) is 5.04. The molecule has 3 aromatic rings. The van der Waals surface area contributed by atoms with Crippen molar-refractivity contribution in [2.24, 2.45) is 0 Å². The molecule has 1 atom stereocenters. The quantitative estimate of drug-likeness (QED) is 0.605. The maximum Gasteiger partial charge on any atom is 0.231 e. The molecule has 0 aliphatic heterocycles. The van der Waals surface area contributed by atoms with Crippen LogP contribution in [0.25, 0.3) is 0 Å². The molecular weight excluding hydrogens is 363 g/mol. The van der Waals surface area contributed by atoms with E-state index in [-0.39, 0.29) is 23.5 Å². The zero-order chi connectivity index (χ0) is 17.6. The molecule has 0 radical (unpaired) electrons. The number of furan rings is 1. The molecule has 0 spiro atoms. The molecule has 6 nitrogen and oxygen atoms in total. The van der Waals surface area contributed by atoms with Crippen molar-refractivity contribution in [3.63, 3.8) is 0 Å². The predicted octanol–water partition coefficient (Wildman–Crippen LogP) is 3.98. The molecule has 0 fully saturated rings. The van der Waals surface area contributed by atoms with Gasteiger partial charge in [0.1, 0.15) is 11.6 Å². The molecule has 0 saturated carbocycles. The Morgan fingerprint density at radius 3 is 3.00 bits per heavy atom. The zero-order valence-electron chi connectivity index (χ0n) is 13.2. The highest BCUT2D eigenvalue weighted by atomic mass is 32.2. The molecule has 0 bridgehead atoms. The van der Waals surface area contributed by atoms with Gasteiger partial charge in [-0.15, -0.1) is 10.2 Å². The van der Waals surface area contributed by atoms with E-state index in [1.165, 1.54) is 35.2 Å². The van der Waals surface area contributed by atoms with Crippen LogP contribution >= 0.6 is 23.1 Å². The Balaban J connectivity index is 1.49. The van der Waals surface area contributed by atoms with Gasteiger partial charge >= 0.3 is 0 Å². The Morgan fingerprint density at radius 2 is 2.24 bits per heavy atom. The molecule has 25 heavy (non-hydrogen) atoms. The van der Waals surface area contributed by atoms with E-state index in [0.29, 0.717) is 20.9 Å². The number of amides is 1. The average molecular weight is 378 g/mol. The number of aromatic nitrogens is 2. The minimum absolute atomic E-state index is 0.122. The average Bonchev–Trinajstić information content (AvgIpc) is 3.25. The highest BCUT2D eigenvalue weighted by Gasteiger charge is 2.13. The molecule has 9 heteroatoms. The minimum Gasteiger partial charge on any atom is -0.467 e. The first kappa shape index (κ1) is 17.4. The second-order valence-corrected chi connectivity index (χ2v) is 7.30. The van der Waals surface area contributed by atoms with E-state index < -0.39 is 0 Å². The number of hydrogen-bond acceptors (Lipinski definition) is 7. The van der Waals surface area contributed by atoms with Gasteiger partial charge in [0.2, 0.25) is 11.0 Å². The van der Waals surface area contributed by atoms with E-state index in [1.807, 2.05) is 13.0 Å². The van der Waals surface area contributed by atoms with Crippen LogP contribution in [0.1, 0.15) is 18.7 Å². The zero-order valence-corrected chi connectivity index (χ0v) is 14.9. The first-order chi connectivity index (χ1) is 12.1. The van der Waals surface area contributed by atoms with Crippen molar-refractivity contribution in [3.05, 3.63) is 54.2 Å². The van der Waals surface area contributed by atoms with Gasteiger partial charge in [-0.3, -0.25) is 4.79 Å². The van der Waals surface area contributed by atoms with Crippen molar-refractivity contribution in [1.82, 2.24) is 15.5 Å². The highest BCUT2D eigenvalue weighted by Crippen LogP contribution is 2.27. The number of halogens is 1. The summed E-state index contributed by atoms with van der Waals surface area (Å²) in [6, 6.07) is 9.49. The Labute approximate surface area is 151 Å². The van der Waals surface area contributed by atoms with Crippen molar-refractivity contribution in [3.8, 4) is 0 Å². The third-order valence-corrected chi connectivity index (χ3v) is 5.13. The fraction of sp³-hybridized carbons (Fsp3) is 0.188. The number of anilines is 2. The maximum absolute atomic E-state index is 13.2. The number of nitrogens with one attached hydrogen (secondary N) is 2. The number of thioether (sulfide) groups is 1. The molecule has 130 valence electrons. The molecule has 1 aromatic carbocycles. The lowest BCUT2D eigenvalue weighted by atomic mass is 10.2. The van der Waals surface area contributed by atoms with Gasteiger partial charge in [0.05, 0.1) is 18.1 Å². The van der Waals surface area contributed by atoms with E-state index in [4.69, 9.17) is 4.42 Å². The minimum atomic E-state index is -0.327. The summed E-state index contributed by atoms with van der Waals surface area (Å²) in [5.74, 6) is 0.477. The van der Waals surface area contributed by atoms with Crippen LogP contribution in [-0.4, -0.2) is 21.9 Å². The SMILES string of the molecule is C[C@H](NC(=O)CSc1nnc(Nc2cccc(F)c2)s1)c1ccco1. The van der Waals surface area contributed by atoms with Crippen molar-refractivity contribution < 1.29 is 13.6 Å². The fourth-order valence-electron chi connectivity index (χ4n) is 2.03. The summed E-state index contributed by atoms with van der Waals surface area (Å²) >= 11 is 2.59. The van der Waals surface area contributed by atoms with Crippen LogP contribution in [0.15, 0.2) is 51.4 Å². The summed E-state index contributed by atoms with van der Waals surface area (Å²) in [5.41, 5.74) is 0.595. The Morgan fingerprint density at radius 1 is 1.36 bits per heavy atom. The smallest absolute Gasteiger partial charge is 0.231 e. The normalized spacial score (nSPS) is 11.9. The molecule has 0 unspecified atom stereocenters. The monoisotopic (exact) mass is 378 g/mol. The van der Waals surface area contributed by atoms with E-state index in [9.17, 15) is 9.18 Å². The lowest BCUT2D eigenvalue weighted by molar-refractivity contribution is -0.119. The number of carbonyl (C=O) groups excluding carboxylic acids is 1. The van der Waals surface area contributed by atoms with Crippen LogP contribution in [0.5, 0.6) is 0 Å². The van der Waals surface area contributed by atoms with Crippen molar-refractivity contribution in [1.29, 1.82) is 0 Å². The van der Waals surface area contributed by atoms with Gasteiger partial charge in [-0.1, -0.05) is 29.2 Å². The standard InChI is InChI=1S/C16H15FN4O2S2/c1-10(13-6-3-7-23-13)18-14(22)9-24-16-21-20-15(25-16)19-12-5-2-4-11(17)8-12/h2-8,10H,9H2,1H3,(H,18,22)(H,19,20)/t10-/m0/s1. The van der Waals surface area contributed by atoms with Crippen LogP contribution in [0.2, 0.25) is 0 Å². The summed E-state index contributed by atoms with van der Waals surface area (Å²) < 4.78 is 19.1. The Hall–Kier alpha value is -2.39. The van der Waals surface area contributed by atoms with Crippen LogP contribution in [0, 0.1) is 5.82 Å². The Bertz CT molecular complexity index is 838. The first-order valence-electron chi connectivity index (χ1n) is 7.42. The van der Waals surface area contributed by atoms with Crippen LogP contribution in [0.3, 0.4) is 0 Å². The molecule has 2 aromatic heterocycles. The van der Waals surface area contributed by atoms with Crippen molar-refractivity contribution in [2.75, 3.05) is 11.1 Å². The van der Waals surface area contributed by atoms with E-state index in [1.54, 1.807) is 24.5 Å². The summed E-state index contributed by atoms with van der Waals surface area (Å²) in [6.45, 7) is 1.85. The van der Waals surface area contributed by atoms with E-state index in [0.717, 1.165) is 0 Å². The van der Waals surface area contributed by atoms with Gasteiger partial charge in [-0.25, -0.2) is 4.39 Å². The number of carbonyl (C=O) groups is 1. The van der Waals surface area contributed by atoms with Gasteiger partial charge < -0.3 is 15.1 Å². The number of hydrogen-bond donors (Lipinski definition) is 2. The van der Waals surface area contributed by atoms with Crippen molar-refractivity contribution in [2.45, 2.75) is 17.3 Å². The van der Waals surface area contributed by atoms with Crippen LogP contribution < -0.4 is 10.6 Å². The third-order valence-electron chi connectivity index (χ3n) is 3.16. The fourth-order valence-corrected chi connectivity index (χ4v) is 3.61. The van der Waals surface area contributed by atoms with Crippen molar-refractivity contribution >= 4 is 39.8 Å². The molecule has 0 saturated heterocycles. The largest absolute Gasteiger partial charge is 0.467 e. The maximum atomic E-state index is 13.2. The lowest BCUT2D eigenvalue weighted by Gasteiger charge is -2.10. The van der Waals surface area contributed by atoms with Gasteiger partial charge in [0.25, 0.3) is 0 Å². The van der Waals surface area contributed by atoms with E-state index >= 15 is 0 Å². The van der Waals surface area contributed by atoms with Crippen LogP contribution in [-0.2, 0) is 4.79 Å². The topological polar surface area (TPSA) is 80.0 Å². The van der Waals surface area contributed by atoms with Gasteiger partial charge in [-0.05, 0) is 37.3 Å². The number of benzene rings is 1. The second-order valence-electron chi connectivity index (χ2n) is 5.10. The van der Waals surface area contributed by atoms with Crippen LogP contribution in [0.4, 0.5) is 15.2 Å². The summed E-state index contributed by atoms with van der Waals surface area (Å²) in [5, 5.41) is 14.4. The van der Waals surface area contributed by atoms with Gasteiger partial charge in [-0.2, -0.15) is 0 Å². The first-order valence-corrected chi connectivity index (χ1v) is 9.22. The summed E-state index contributed by atoms with van der Waals surface area (Å²) in [6.07, 6.45) is 1.57. The van der Waals surface area contributed by atoms with Gasteiger partial charge in [0, 0.05) is 5.69 Å². The summed E-state index contributed by atoms with van der Waals surface area (Å²) in [4.78, 5) is 12.0. The molecular formula is C16H15FN4O2S2. The molecule has 0 aliphatic rings. The number of nitrogens with zero attached hydrogens (tertiary/aromatic N) is 2. The van der Waals surface area contributed by atoms with E-state index in [2.05, 4.69) is 20.8 Å². The van der Waals surface area contributed by atoms with Gasteiger partial charge in [0.15, 0.2) is 4.34 Å². The molecule has 2 heterocycles. The lowest BCUT2D eigenvalue weighted by Crippen LogP contribution is -2.27. The molecule has 3 rings (SSSR count). The highest BCUT2D eigenvalue weighted by molar-refractivity contribution is 8.01. The molecule has 2 N–H and O–H groups in total.